The first-order valence-corrected chi connectivity index (χ1v) is 6.08. The van der Waals surface area contributed by atoms with Crippen LogP contribution in [0.25, 0.3) is 0 Å². The van der Waals surface area contributed by atoms with Crippen LogP contribution < -0.4 is 5.73 Å². The smallest absolute Gasteiger partial charge is 0.0718 e. The van der Waals surface area contributed by atoms with Crippen LogP contribution in [0.4, 0.5) is 0 Å². The van der Waals surface area contributed by atoms with E-state index in [-0.39, 0.29) is 5.54 Å². The van der Waals surface area contributed by atoms with Crippen molar-refractivity contribution in [3.8, 4) is 0 Å². The molecule has 2 N–H and O–H groups in total. The van der Waals surface area contributed by atoms with Gasteiger partial charge in [-0.3, -0.25) is 0 Å². The summed E-state index contributed by atoms with van der Waals surface area (Å²) in [6, 6.07) is 7.70. The van der Waals surface area contributed by atoms with Crippen molar-refractivity contribution in [3.05, 3.63) is 34.9 Å². The van der Waals surface area contributed by atoms with Gasteiger partial charge in [0.25, 0.3) is 0 Å². The van der Waals surface area contributed by atoms with Gasteiger partial charge in [-0.05, 0) is 30.5 Å². The molecule has 0 radical (unpaired) electrons. The molecule has 1 aromatic carbocycles. The molecule has 0 amide bonds. The van der Waals surface area contributed by atoms with E-state index in [4.69, 9.17) is 22.1 Å². The highest BCUT2D eigenvalue weighted by molar-refractivity contribution is 6.30. The van der Waals surface area contributed by atoms with Crippen molar-refractivity contribution in [3.63, 3.8) is 0 Å². The molecule has 0 fully saturated rings. The second-order valence-corrected chi connectivity index (χ2v) is 4.63. The Morgan fingerprint density at radius 3 is 2.56 bits per heavy atom. The van der Waals surface area contributed by atoms with Crippen molar-refractivity contribution in [1.82, 2.24) is 0 Å². The van der Waals surface area contributed by atoms with E-state index in [9.17, 15) is 0 Å². The van der Waals surface area contributed by atoms with Gasteiger partial charge in [0, 0.05) is 10.6 Å². The van der Waals surface area contributed by atoms with Crippen LogP contribution in [0.2, 0.25) is 5.02 Å². The summed E-state index contributed by atoms with van der Waals surface area (Å²) in [5.74, 6) is 0. The molecule has 3 heteroatoms. The number of benzene rings is 1. The fourth-order valence-electron chi connectivity index (χ4n) is 1.45. The van der Waals surface area contributed by atoms with Crippen LogP contribution >= 0.6 is 11.6 Å². The van der Waals surface area contributed by atoms with Crippen LogP contribution in [0.5, 0.6) is 0 Å². The first-order valence-electron chi connectivity index (χ1n) is 5.70. The maximum atomic E-state index is 6.14. The number of nitrogens with two attached hydrogens (primary N) is 1. The zero-order valence-corrected chi connectivity index (χ0v) is 10.8. The summed E-state index contributed by atoms with van der Waals surface area (Å²) in [6.07, 6.45) is 1.86. The van der Waals surface area contributed by atoms with Gasteiger partial charge in [-0.1, -0.05) is 37.6 Å². The normalized spacial score (nSPS) is 11.8. The molecule has 0 aliphatic carbocycles. The third kappa shape index (κ3) is 4.12. The molecule has 0 aromatic heterocycles. The first kappa shape index (κ1) is 13.5. The number of hydrogen-bond acceptors (Lipinski definition) is 2. The molecule has 0 unspecified atom stereocenters. The predicted octanol–water partition coefficient (Wildman–Crippen LogP) is 3.37. The van der Waals surface area contributed by atoms with Gasteiger partial charge in [0.1, 0.15) is 0 Å². The van der Waals surface area contributed by atoms with E-state index in [0.29, 0.717) is 13.2 Å². The van der Waals surface area contributed by atoms with Gasteiger partial charge in [-0.15, -0.1) is 0 Å². The van der Waals surface area contributed by atoms with Crippen LogP contribution in [0.15, 0.2) is 24.3 Å². The van der Waals surface area contributed by atoms with E-state index in [1.54, 1.807) is 0 Å². The highest BCUT2D eigenvalue weighted by Gasteiger charge is 2.20. The molecule has 0 aliphatic heterocycles. The third-order valence-corrected chi connectivity index (χ3v) is 3.19. The summed E-state index contributed by atoms with van der Waals surface area (Å²) in [5.41, 5.74) is 7.03. The Morgan fingerprint density at radius 1 is 1.31 bits per heavy atom. The standard InChI is InChI=1S/C13H20ClNO/c1-3-13(15,4-2)10-16-9-11-6-5-7-12(14)8-11/h5-8H,3-4,9-10,15H2,1-2H3. The Morgan fingerprint density at radius 2 is 2.00 bits per heavy atom. The molecule has 16 heavy (non-hydrogen) atoms. The van der Waals surface area contributed by atoms with Gasteiger partial charge in [0.2, 0.25) is 0 Å². The largest absolute Gasteiger partial charge is 0.375 e. The molecule has 0 saturated carbocycles. The molecular weight excluding hydrogens is 222 g/mol. The van der Waals surface area contributed by atoms with Crippen molar-refractivity contribution < 1.29 is 4.74 Å². The fraction of sp³-hybridized carbons (Fsp3) is 0.538. The zero-order chi connectivity index (χ0) is 12.0. The van der Waals surface area contributed by atoms with Crippen molar-refractivity contribution in [2.45, 2.75) is 38.8 Å². The lowest BCUT2D eigenvalue weighted by molar-refractivity contribution is 0.0696. The maximum absolute atomic E-state index is 6.14. The van der Waals surface area contributed by atoms with Gasteiger partial charge in [0.05, 0.1) is 13.2 Å². The summed E-state index contributed by atoms with van der Waals surface area (Å²) in [7, 11) is 0. The Balaban J connectivity index is 2.41. The van der Waals surface area contributed by atoms with E-state index < -0.39 is 0 Å². The van der Waals surface area contributed by atoms with E-state index in [2.05, 4.69) is 13.8 Å². The Labute approximate surface area is 103 Å². The minimum absolute atomic E-state index is 0.196. The molecule has 2 nitrogen and oxygen atoms in total. The molecule has 0 heterocycles. The molecule has 90 valence electrons. The fourth-order valence-corrected chi connectivity index (χ4v) is 1.67. The SMILES string of the molecule is CCC(N)(CC)COCc1cccc(Cl)c1. The van der Waals surface area contributed by atoms with Gasteiger partial charge in [0.15, 0.2) is 0 Å². The van der Waals surface area contributed by atoms with E-state index in [1.807, 2.05) is 24.3 Å². The lowest BCUT2D eigenvalue weighted by atomic mass is 9.96. The summed E-state index contributed by atoms with van der Waals surface area (Å²) in [6.45, 7) is 5.34. The second-order valence-electron chi connectivity index (χ2n) is 4.19. The number of rotatable bonds is 6. The number of hydrogen-bond donors (Lipinski definition) is 1. The second kappa shape index (κ2) is 6.24. The first-order chi connectivity index (χ1) is 7.59. The van der Waals surface area contributed by atoms with Gasteiger partial charge < -0.3 is 10.5 Å². The molecular formula is C13H20ClNO. The number of halogens is 1. The summed E-state index contributed by atoms with van der Waals surface area (Å²) in [5, 5.41) is 0.742. The highest BCUT2D eigenvalue weighted by atomic mass is 35.5. The van der Waals surface area contributed by atoms with Gasteiger partial charge in [-0.25, -0.2) is 0 Å². The Hall–Kier alpha value is -0.570. The summed E-state index contributed by atoms with van der Waals surface area (Å²) < 4.78 is 5.64. The lowest BCUT2D eigenvalue weighted by Gasteiger charge is -2.26. The van der Waals surface area contributed by atoms with Crippen LogP contribution in [-0.2, 0) is 11.3 Å². The predicted molar refractivity (Wildman–Crippen MR) is 68.6 cm³/mol. The minimum atomic E-state index is -0.196. The third-order valence-electron chi connectivity index (χ3n) is 2.96. The summed E-state index contributed by atoms with van der Waals surface area (Å²) in [4.78, 5) is 0. The molecule has 1 rings (SSSR count). The monoisotopic (exact) mass is 241 g/mol. The minimum Gasteiger partial charge on any atom is -0.375 e. The average molecular weight is 242 g/mol. The topological polar surface area (TPSA) is 35.2 Å². The van der Waals surface area contributed by atoms with Gasteiger partial charge >= 0.3 is 0 Å². The number of ether oxygens (including phenoxy) is 1. The quantitative estimate of drug-likeness (QED) is 0.829. The van der Waals surface area contributed by atoms with E-state index in [1.165, 1.54) is 0 Å². The Bertz CT molecular complexity index is 323. The van der Waals surface area contributed by atoms with Crippen molar-refractivity contribution in [2.24, 2.45) is 5.73 Å². The van der Waals surface area contributed by atoms with Gasteiger partial charge in [-0.2, -0.15) is 0 Å². The molecule has 0 saturated heterocycles. The van der Waals surface area contributed by atoms with Crippen LogP contribution in [0, 0.1) is 0 Å². The van der Waals surface area contributed by atoms with Crippen LogP contribution in [0.1, 0.15) is 32.3 Å². The zero-order valence-electron chi connectivity index (χ0n) is 10.0. The molecule has 0 atom stereocenters. The Kier molecular flexibility index (Phi) is 5.26. The average Bonchev–Trinajstić information content (AvgIpc) is 2.29. The van der Waals surface area contributed by atoms with Crippen molar-refractivity contribution in [1.29, 1.82) is 0 Å². The molecule has 0 bridgehead atoms. The molecule has 0 aliphatic rings. The lowest BCUT2D eigenvalue weighted by Crippen LogP contribution is -2.43. The van der Waals surface area contributed by atoms with Crippen molar-refractivity contribution in [2.75, 3.05) is 6.61 Å². The molecule has 0 spiro atoms. The van der Waals surface area contributed by atoms with E-state index >= 15 is 0 Å². The summed E-state index contributed by atoms with van der Waals surface area (Å²) >= 11 is 5.89. The van der Waals surface area contributed by atoms with E-state index in [0.717, 1.165) is 23.4 Å². The molecule has 1 aromatic rings. The maximum Gasteiger partial charge on any atom is 0.0718 e. The highest BCUT2D eigenvalue weighted by Crippen LogP contribution is 2.14. The van der Waals surface area contributed by atoms with Crippen molar-refractivity contribution >= 4 is 11.6 Å². The van der Waals surface area contributed by atoms with Crippen LogP contribution in [-0.4, -0.2) is 12.1 Å². The van der Waals surface area contributed by atoms with Crippen LogP contribution in [0.3, 0.4) is 0 Å².